The fraction of sp³-hybridized carbons (Fsp3) is 0.0769. The lowest BCUT2D eigenvalue weighted by atomic mass is 10.2. The molecule has 98 valence electrons. The summed E-state index contributed by atoms with van der Waals surface area (Å²) in [5, 5.41) is 4.30. The Morgan fingerprint density at radius 2 is 2.00 bits per heavy atom. The van der Waals surface area contributed by atoms with Crippen molar-refractivity contribution in [2.75, 3.05) is 0 Å². The Labute approximate surface area is 114 Å². The molecule has 0 aromatic carbocycles. The monoisotopic (exact) mass is 266 g/mol. The van der Waals surface area contributed by atoms with Crippen molar-refractivity contribution in [3.8, 4) is 17.2 Å². The predicted molar refractivity (Wildman–Crippen MR) is 70.2 cm³/mol. The third-order valence-corrected chi connectivity index (χ3v) is 2.65. The van der Waals surface area contributed by atoms with E-state index in [0.717, 1.165) is 5.69 Å². The molecule has 0 amide bonds. The molecule has 0 saturated carbocycles. The molecule has 0 saturated heterocycles. The van der Waals surface area contributed by atoms with Gasteiger partial charge < -0.3 is 0 Å². The first-order valence-corrected chi connectivity index (χ1v) is 5.90. The van der Waals surface area contributed by atoms with Crippen LogP contribution in [0.2, 0.25) is 0 Å². The number of aromatic nitrogens is 6. The van der Waals surface area contributed by atoms with Crippen molar-refractivity contribution in [2.24, 2.45) is 0 Å². The van der Waals surface area contributed by atoms with E-state index in [1.807, 2.05) is 6.07 Å². The Balaban J connectivity index is 2.05. The summed E-state index contributed by atoms with van der Waals surface area (Å²) in [6.07, 6.45) is 7.87. The SMILES string of the molecule is CC(=O)c1nccnc1-c1ncn(-c2cccnc2)n1. The molecule has 0 atom stereocenters. The molecular weight excluding hydrogens is 256 g/mol. The van der Waals surface area contributed by atoms with Gasteiger partial charge in [-0.1, -0.05) is 0 Å². The Kier molecular flexibility index (Phi) is 3.00. The highest BCUT2D eigenvalue weighted by atomic mass is 16.1. The predicted octanol–water partition coefficient (Wildman–Crippen LogP) is 1.32. The molecule has 20 heavy (non-hydrogen) atoms. The molecule has 0 N–H and O–H groups in total. The van der Waals surface area contributed by atoms with Gasteiger partial charge in [-0.05, 0) is 12.1 Å². The Morgan fingerprint density at radius 3 is 2.75 bits per heavy atom. The maximum atomic E-state index is 11.5. The second-order valence-electron chi connectivity index (χ2n) is 4.03. The van der Waals surface area contributed by atoms with E-state index in [4.69, 9.17) is 0 Å². The van der Waals surface area contributed by atoms with Crippen molar-refractivity contribution in [3.63, 3.8) is 0 Å². The molecule has 0 radical (unpaired) electrons. The molecule has 0 spiro atoms. The second kappa shape index (κ2) is 4.96. The molecule has 0 fully saturated rings. The standard InChI is InChI=1S/C13H10N6O/c1-9(20)11-12(16-6-5-15-11)13-17-8-19(18-13)10-3-2-4-14-7-10/h2-8H,1H3. The fourth-order valence-corrected chi connectivity index (χ4v) is 1.74. The number of ketones is 1. The topological polar surface area (TPSA) is 86.5 Å². The quantitative estimate of drug-likeness (QED) is 0.664. The minimum Gasteiger partial charge on any atom is -0.293 e. The van der Waals surface area contributed by atoms with Crippen LogP contribution in [0.5, 0.6) is 0 Å². The van der Waals surface area contributed by atoms with Crippen LogP contribution in [0, 0.1) is 0 Å². The number of hydrogen-bond donors (Lipinski definition) is 0. The summed E-state index contributed by atoms with van der Waals surface area (Å²) >= 11 is 0. The van der Waals surface area contributed by atoms with Gasteiger partial charge in [0.2, 0.25) is 5.82 Å². The van der Waals surface area contributed by atoms with Crippen molar-refractivity contribution in [3.05, 3.63) is 48.9 Å². The van der Waals surface area contributed by atoms with Crippen LogP contribution in [0.3, 0.4) is 0 Å². The van der Waals surface area contributed by atoms with E-state index in [9.17, 15) is 4.79 Å². The Bertz CT molecular complexity index is 752. The summed E-state index contributed by atoms with van der Waals surface area (Å²) in [6.45, 7) is 1.44. The van der Waals surface area contributed by atoms with Crippen LogP contribution in [0.25, 0.3) is 17.2 Å². The summed E-state index contributed by atoms with van der Waals surface area (Å²) in [5.41, 5.74) is 1.42. The molecule has 0 unspecified atom stereocenters. The highest BCUT2D eigenvalue weighted by Crippen LogP contribution is 2.16. The minimum atomic E-state index is -0.175. The van der Waals surface area contributed by atoms with Crippen LogP contribution < -0.4 is 0 Å². The van der Waals surface area contributed by atoms with Crippen molar-refractivity contribution in [2.45, 2.75) is 6.92 Å². The molecule has 7 heteroatoms. The van der Waals surface area contributed by atoms with Gasteiger partial charge in [0.1, 0.15) is 17.7 Å². The maximum absolute atomic E-state index is 11.5. The summed E-state index contributed by atoms with van der Waals surface area (Å²) in [4.78, 5) is 27.9. The molecule has 0 aliphatic rings. The van der Waals surface area contributed by atoms with Gasteiger partial charge in [0.25, 0.3) is 0 Å². The number of rotatable bonds is 3. The lowest BCUT2D eigenvalue weighted by Gasteiger charge is -2.00. The Morgan fingerprint density at radius 1 is 1.15 bits per heavy atom. The first-order chi connectivity index (χ1) is 9.75. The molecule has 3 heterocycles. The van der Waals surface area contributed by atoms with Gasteiger partial charge in [0.05, 0.1) is 11.9 Å². The number of hydrogen-bond acceptors (Lipinski definition) is 6. The summed E-state index contributed by atoms with van der Waals surface area (Å²) < 4.78 is 1.57. The normalized spacial score (nSPS) is 10.4. The first-order valence-electron chi connectivity index (χ1n) is 5.90. The van der Waals surface area contributed by atoms with Crippen molar-refractivity contribution >= 4 is 5.78 Å². The molecule has 7 nitrogen and oxygen atoms in total. The van der Waals surface area contributed by atoms with Gasteiger partial charge in [-0.3, -0.25) is 9.78 Å². The summed E-state index contributed by atoms with van der Waals surface area (Å²) in [5.74, 6) is 0.179. The lowest BCUT2D eigenvalue weighted by Crippen LogP contribution is -2.03. The van der Waals surface area contributed by atoms with E-state index >= 15 is 0 Å². The highest BCUT2D eigenvalue weighted by Gasteiger charge is 2.15. The summed E-state index contributed by atoms with van der Waals surface area (Å²) in [7, 11) is 0. The molecule has 0 aliphatic carbocycles. The highest BCUT2D eigenvalue weighted by molar-refractivity contribution is 5.96. The van der Waals surface area contributed by atoms with Gasteiger partial charge in [-0.25, -0.2) is 19.6 Å². The van der Waals surface area contributed by atoms with Gasteiger partial charge in [0.15, 0.2) is 5.78 Å². The van der Waals surface area contributed by atoms with E-state index in [1.165, 1.54) is 19.3 Å². The maximum Gasteiger partial charge on any atom is 0.202 e. The van der Waals surface area contributed by atoms with Crippen LogP contribution in [-0.2, 0) is 0 Å². The average molecular weight is 266 g/mol. The average Bonchev–Trinajstić information content (AvgIpc) is 2.98. The number of carbonyl (C=O) groups excluding carboxylic acids is 1. The number of pyridine rings is 1. The van der Waals surface area contributed by atoms with E-state index in [0.29, 0.717) is 11.5 Å². The van der Waals surface area contributed by atoms with E-state index < -0.39 is 0 Å². The van der Waals surface area contributed by atoms with Crippen molar-refractivity contribution in [1.82, 2.24) is 29.7 Å². The zero-order valence-corrected chi connectivity index (χ0v) is 10.6. The van der Waals surface area contributed by atoms with E-state index in [2.05, 4.69) is 25.0 Å². The van der Waals surface area contributed by atoms with Gasteiger partial charge in [-0.2, -0.15) is 0 Å². The lowest BCUT2D eigenvalue weighted by molar-refractivity contribution is 0.101. The van der Waals surface area contributed by atoms with Crippen LogP contribution in [0.4, 0.5) is 0 Å². The van der Waals surface area contributed by atoms with Gasteiger partial charge >= 0.3 is 0 Å². The fourth-order valence-electron chi connectivity index (χ4n) is 1.74. The third kappa shape index (κ3) is 2.16. The van der Waals surface area contributed by atoms with E-state index in [-0.39, 0.29) is 11.5 Å². The first kappa shape index (κ1) is 12.1. The van der Waals surface area contributed by atoms with Crippen LogP contribution in [0.1, 0.15) is 17.4 Å². The Hall–Kier alpha value is -2.96. The number of carbonyl (C=O) groups is 1. The zero-order valence-electron chi connectivity index (χ0n) is 10.6. The molecule has 0 bridgehead atoms. The molecule has 3 aromatic rings. The van der Waals surface area contributed by atoms with Crippen LogP contribution in [0.15, 0.2) is 43.2 Å². The van der Waals surface area contributed by atoms with Gasteiger partial charge in [0, 0.05) is 25.5 Å². The largest absolute Gasteiger partial charge is 0.293 e. The van der Waals surface area contributed by atoms with Crippen LogP contribution in [-0.4, -0.2) is 35.5 Å². The zero-order chi connectivity index (χ0) is 13.9. The second-order valence-corrected chi connectivity index (χ2v) is 4.03. The minimum absolute atomic E-state index is 0.175. The van der Waals surface area contributed by atoms with Crippen LogP contribution >= 0.6 is 0 Å². The molecule has 3 rings (SSSR count). The van der Waals surface area contributed by atoms with Gasteiger partial charge in [-0.15, -0.1) is 5.10 Å². The molecule has 0 aliphatic heterocycles. The van der Waals surface area contributed by atoms with Crippen molar-refractivity contribution in [1.29, 1.82) is 0 Å². The molecule has 3 aromatic heterocycles. The number of nitrogens with zero attached hydrogens (tertiary/aromatic N) is 6. The smallest absolute Gasteiger partial charge is 0.202 e. The summed E-state index contributed by atoms with van der Waals surface area (Å²) in [6, 6.07) is 3.66. The van der Waals surface area contributed by atoms with E-state index in [1.54, 1.807) is 29.5 Å². The molecular formula is C13H10N6O. The van der Waals surface area contributed by atoms with Crippen molar-refractivity contribution < 1.29 is 4.79 Å². The third-order valence-electron chi connectivity index (χ3n) is 2.65. The number of Topliss-reactive ketones (excluding diaryl/α,β-unsaturated/α-hetero) is 1.